The Morgan fingerprint density at radius 2 is 2.33 bits per heavy atom. The van der Waals surface area contributed by atoms with Crippen LogP contribution in [0, 0.1) is 0 Å². The minimum Gasteiger partial charge on any atom is -0.370 e. The first-order valence-corrected chi connectivity index (χ1v) is 7.75. The van der Waals surface area contributed by atoms with E-state index in [1.165, 1.54) is 0 Å². The highest BCUT2D eigenvalue weighted by molar-refractivity contribution is 6.33. The second-order valence-electron chi connectivity index (χ2n) is 5.59. The summed E-state index contributed by atoms with van der Waals surface area (Å²) in [7, 11) is 4.11. The minimum atomic E-state index is -0.00639. The third kappa shape index (κ3) is 3.86. The highest BCUT2D eigenvalue weighted by Gasteiger charge is 2.26. The first-order chi connectivity index (χ1) is 10.0. The lowest BCUT2D eigenvalue weighted by Crippen LogP contribution is -2.47. The third-order valence-corrected chi connectivity index (χ3v) is 4.16. The fraction of sp³-hybridized carbons (Fsp3) is 0.600. The SMILES string of the molecule is CCNc1cc(C(=O)N2CCCC(N(C)C)C2)c(Cl)cn1. The van der Waals surface area contributed by atoms with Gasteiger partial charge in [-0.05, 0) is 39.9 Å². The standard InChI is InChI=1S/C15H23ClN4O/c1-4-17-14-8-12(13(16)9-18-14)15(21)20-7-5-6-11(10-20)19(2)3/h8-9,11H,4-7,10H2,1-3H3,(H,17,18). The minimum absolute atomic E-state index is 0.00639. The third-order valence-electron chi connectivity index (χ3n) is 3.86. The number of anilines is 1. The summed E-state index contributed by atoms with van der Waals surface area (Å²) >= 11 is 6.16. The van der Waals surface area contributed by atoms with Crippen molar-refractivity contribution in [1.29, 1.82) is 0 Å². The number of nitrogens with one attached hydrogen (secondary N) is 1. The van der Waals surface area contributed by atoms with Gasteiger partial charge >= 0.3 is 0 Å². The van der Waals surface area contributed by atoms with E-state index in [1.807, 2.05) is 11.8 Å². The summed E-state index contributed by atoms with van der Waals surface area (Å²) in [6.07, 6.45) is 3.70. The molecule has 1 N–H and O–H groups in total. The van der Waals surface area contributed by atoms with Gasteiger partial charge in [-0.3, -0.25) is 4.79 Å². The molecule has 0 spiro atoms. The highest BCUT2D eigenvalue weighted by Crippen LogP contribution is 2.22. The average Bonchev–Trinajstić information content (AvgIpc) is 2.49. The van der Waals surface area contributed by atoms with Gasteiger partial charge in [0.05, 0.1) is 10.6 Å². The Bertz CT molecular complexity index is 506. The number of amides is 1. The molecular formula is C15H23ClN4O. The Morgan fingerprint density at radius 1 is 1.57 bits per heavy atom. The van der Waals surface area contributed by atoms with Crippen LogP contribution in [0.3, 0.4) is 0 Å². The van der Waals surface area contributed by atoms with Crippen molar-refractivity contribution in [3.63, 3.8) is 0 Å². The van der Waals surface area contributed by atoms with Gasteiger partial charge < -0.3 is 15.1 Å². The van der Waals surface area contributed by atoms with Crippen LogP contribution in [-0.2, 0) is 0 Å². The molecule has 2 rings (SSSR count). The van der Waals surface area contributed by atoms with Gasteiger partial charge in [0.15, 0.2) is 0 Å². The molecule has 2 heterocycles. The molecule has 1 saturated heterocycles. The van der Waals surface area contributed by atoms with Crippen molar-refractivity contribution in [2.24, 2.45) is 0 Å². The molecule has 1 aromatic rings. The number of rotatable bonds is 4. The Balaban J connectivity index is 2.17. The average molecular weight is 311 g/mol. The highest BCUT2D eigenvalue weighted by atomic mass is 35.5. The van der Waals surface area contributed by atoms with Gasteiger partial charge in [-0.15, -0.1) is 0 Å². The smallest absolute Gasteiger partial charge is 0.255 e. The van der Waals surface area contributed by atoms with Crippen LogP contribution in [0.25, 0.3) is 0 Å². The summed E-state index contributed by atoms with van der Waals surface area (Å²) < 4.78 is 0. The van der Waals surface area contributed by atoms with E-state index in [0.29, 0.717) is 22.4 Å². The molecule has 21 heavy (non-hydrogen) atoms. The molecule has 0 bridgehead atoms. The monoisotopic (exact) mass is 310 g/mol. The van der Waals surface area contributed by atoms with E-state index in [1.54, 1.807) is 12.3 Å². The van der Waals surface area contributed by atoms with Crippen molar-refractivity contribution < 1.29 is 4.79 Å². The zero-order chi connectivity index (χ0) is 15.4. The largest absolute Gasteiger partial charge is 0.370 e. The number of piperidine rings is 1. The fourth-order valence-electron chi connectivity index (χ4n) is 2.61. The van der Waals surface area contributed by atoms with Crippen molar-refractivity contribution >= 4 is 23.3 Å². The molecule has 1 amide bonds. The predicted molar refractivity (Wildman–Crippen MR) is 86.0 cm³/mol. The summed E-state index contributed by atoms with van der Waals surface area (Å²) in [6.45, 7) is 4.29. The van der Waals surface area contributed by atoms with Crippen LogP contribution in [0.4, 0.5) is 5.82 Å². The van der Waals surface area contributed by atoms with Gasteiger partial charge in [0.1, 0.15) is 5.82 Å². The number of carbonyl (C=O) groups excluding carboxylic acids is 1. The van der Waals surface area contributed by atoms with E-state index in [0.717, 1.165) is 32.5 Å². The summed E-state index contributed by atoms with van der Waals surface area (Å²) in [4.78, 5) is 21.0. The van der Waals surface area contributed by atoms with E-state index in [9.17, 15) is 4.79 Å². The zero-order valence-electron chi connectivity index (χ0n) is 12.9. The number of nitrogens with zero attached hydrogens (tertiary/aromatic N) is 3. The van der Waals surface area contributed by atoms with E-state index in [2.05, 4.69) is 29.3 Å². The lowest BCUT2D eigenvalue weighted by molar-refractivity contribution is 0.0635. The summed E-state index contributed by atoms with van der Waals surface area (Å²) in [5.74, 6) is 0.680. The number of hydrogen-bond donors (Lipinski definition) is 1. The molecule has 0 aromatic carbocycles. The maximum atomic E-state index is 12.7. The van der Waals surface area contributed by atoms with Gasteiger partial charge in [-0.2, -0.15) is 0 Å². The Morgan fingerprint density at radius 3 is 3.00 bits per heavy atom. The predicted octanol–water partition coefficient (Wildman–Crippen LogP) is 2.33. The normalized spacial score (nSPS) is 18.9. The number of hydrogen-bond acceptors (Lipinski definition) is 4. The number of carbonyl (C=O) groups is 1. The zero-order valence-corrected chi connectivity index (χ0v) is 13.7. The second-order valence-corrected chi connectivity index (χ2v) is 6.00. The number of pyridine rings is 1. The Kier molecular flexibility index (Phi) is 5.42. The van der Waals surface area contributed by atoms with Gasteiger partial charge in [0.25, 0.3) is 5.91 Å². The van der Waals surface area contributed by atoms with Crippen molar-refractivity contribution in [2.45, 2.75) is 25.8 Å². The van der Waals surface area contributed by atoms with Crippen molar-refractivity contribution in [1.82, 2.24) is 14.8 Å². The second kappa shape index (κ2) is 7.09. The first kappa shape index (κ1) is 16.0. The molecule has 0 saturated carbocycles. The molecule has 1 atom stereocenters. The number of likely N-dealkylation sites (N-methyl/N-ethyl adjacent to an activating group) is 1. The molecular weight excluding hydrogens is 288 g/mol. The summed E-state index contributed by atoms with van der Waals surface area (Å²) in [5, 5.41) is 3.52. The first-order valence-electron chi connectivity index (χ1n) is 7.38. The molecule has 6 heteroatoms. The summed E-state index contributed by atoms with van der Waals surface area (Å²) in [6, 6.07) is 2.16. The van der Waals surface area contributed by atoms with E-state index in [4.69, 9.17) is 11.6 Å². The number of halogens is 1. The molecule has 1 aliphatic rings. The van der Waals surface area contributed by atoms with E-state index < -0.39 is 0 Å². The van der Waals surface area contributed by atoms with E-state index >= 15 is 0 Å². The molecule has 1 unspecified atom stereocenters. The maximum absolute atomic E-state index is 12.7. The van der Waals surface area contributed by atoms with Crippen molar-refractivity contribution in [2.75, 3.05) is 39.0 Å². The molecule has 0 radical (unpaired) electrons. The van der Waals surface area contributed by atoms with Gasteiger partial charge in [0, 0.05) is 31.9 Å². The fourth-order valence-corrected chi connectivity index (χ4v) is 2.80. The van der Waals surface area contributed by atoms with Crippen LogP contribution < -0.4 is 5.32 Å². The molecule has 1 aliphatic heterocycles. The molecule has 116 valence electrons. The molecule has 1 aromatic heterocycles. The van der Waals surface area contributed by atoms with Crippen LogP contribution in [0.5, 0.6) is 0 Å². The number of likely N-dealkylation sites (tertiary alicyclic amines) is 1. The lowest BCUT2D eigenvalue weighted by atomic mass is 10.0. The lowest BCUT2D eigenvalue weighted by Gasteiger charge is -2.36. The molecule has 5 nitrogen and oxygen atoms in total. The van der Waals surface area contributed by atoms with E-state index in [-0.39, 0.29) is 5.91 Å². The maximum Gasteiger partial charge on any atom is 0.255 e. The van der Waals surface area contributed by atoms with Crippen molar-refractivity contribution in [3.8, 4) is 0 Å². The number of aromatic nitrogens is 1. The van der Waals surface area contributed by atoms with Crippen molar-refractivity contribution in [3.05, 3.63) is 22.8 Å². The molecule has 1 fully saturated rings. The topological polar surface area (TPSA) is 48.5 Å². The van der Waals surface area contributed by atoms with Crippen LogP contribution in [-0.4, -0.2) is 60.5 Å². The van der Waals surface area contributed by atoms with Gasteiger partial charge in [-0.1, -0.05) is 11.6 Å². The Hall–Kier alpha value is -1.33. The summed E-state index contributed by atoms with van der Waals surface area (Å²) in [5.41, 5.74) is 0.530. The van der Waals surface area contributed by atoms with Crippen LogP contribution in [0.1, 0.15) is 30.1 Å². The van der Waals surface area contributed by atoms with Crippen LogP contribution >= 0.6 is 11.6 Å². The van der Waals surface area contributed by atoms with Gasteiger partial charge in [0.2, 0.25) is 0 Å². The van der Waals surface area contributed by atoms with Crippen LogP contribution in [0.2, 0.25) is 5.02 Å². The quantitative estimate of drug-likeness (QED) is 0.927. The Labute approximate surface area is 131 Å². The molecule has 0 aliphatic carbocycles. The van der Waals surface area contributed by atoms with Crippen LogP contribution in [0.15, 0.2) is 12.3 Å². The van der Waals surface area contributed by atoms with Gasteiger partial charge in [-0.25, -0.2) is 4.98 Å².